The summed E-state index contributed by atoms with van der Waals surface area (Å²) in [6.45, 7) is 0.122. The summed E-state index contributed by atoms with van der Waals surface area (Å²) in [6.07, 6.45) is 2.04. The average molecular weight is 400 g/mol. The fourth-order valence-corrected chi connectivity index (χ4v) is 3.61. The maximum absolute atomic E-state index is 14.6. The van der Waals surface area contributed by atoms with Gasteiger partial charge in [-0.3, -0.25) is 4.98 Å². The Morgan fingerprint density at radius 3 is 2.68 bits per heavy atom. The summed E-state index contributed by atoms with van der Waals surface area (Å²) in [5.74, 6) is -1.12. The first-order chi connectivity index (χ1) is 13.5. The number of pyridine rings is 1. The standard InChI is InChI=1S/C22H16ClF2NO2/c23-15-6-7-17(19(25)10-15)18-12-28-22(13-3-1-5-16(24)9-13)20(18)21(27)14-4-2-8-26-11-14/h1-11,18,21,27H,12H2. The van der Waals surface area contributed by atoms with Crippen LogP contribution in [-0.4, -0.2) is 16.7 Å². The molecule has 0 radical (unpaired) electrons. The Hall–Kier alpha value is -2.76. The van der Waals surface area contributed by atoms with Crippen LogP contribution >= 0.6 is 11.6 Å². The van der Waals surface area contributed by atoms with E-state index in [9.17, 15) is 13.9 Å². The molecule has 0 saturated carbocycles. The normalized spacial score (nSPS) is 17.5. The first kappa shape index (κ1) is 18.6. The minimum atomic E-state index is -1.09. The Morgan fingerprint density at radius 1 is 1.11 bits per heavy atom. The van der Waals surface area contributed by atoms with E-state index < -0.39 is 23.7 Å². The zero-order valence-corrected chi connectivity index (χ0v) is 15.4. The van der Waals surface area contributed by atoms with E-state index in [1.165, 1.54) is 24.4 Å². The third-order valence-corrected chi connectivity index (χ3v) is 4.99. The Morgan fingerprint density at radius 2 is 1.96 bits per heavy atom. The smallest absolute Gasteiger partial charge is 0.129 e. The lowest BCUT2D eigenvalue weighted by molar-refractivity contribution is 0.209. The van der Waals surface area contributed by atoms with E-state index in [-0.39, 0.29) is 11.6 Å². The lowest BCUT2D eigenvalue weighted by Gasteiger charge is -2.20. The van der Waals surface area contributed by atoms with Crippen LogP contribution in [0.5, 0.6) is 0 Å². The van der Waals surface area contributed by atoms with Gasteiger partial charge in [0, 0.05) is 40.0 Å². The number of hydrogen-bond donors (Lipinski definition) is 1. The van der Waals surface area contributed by atoms with Crippen molar-refractivity contribution in [3.05, 3.63) is 106 Å². The molecule has 1 N–H and O–H groups in total. The molecule has 2 heterocycles. The number of aliphatic hydroxyl groups excluding tert-OH is 1. The predicted molar refractivity (Wildman–Crippen MR) is 103 cm³/mol. The Kier molecular flexibility index (Phi) is 5.11. The summed E-state index contributed by atoms with van der Waals surface area (Å²) >= 11 is 5.88. The number of benzene rings is 2. The number of rotatable bonds is 4. The van der Waals surface area contributed by atoms with E-state index in [0.717, 1.165) is 0 Å². The van der Waals surface area contributed by atoms with Crippen molar-refractivity contribution in [2.45, 2.75) is 12.0 Å². The number of hydrogen-bond acceptors (Lipinski definition) is 3. The molecule has 142 valence electrons. The van der Waals surface area contributed by atoms with Gasteiger partial charge in [-0.1, -0.05) is 35.9 Å². The van der Waals surface area contributed by atoms with Gasteiger partial charge in [0.2, 0.25) is 0 Å². The van der Waals surface area contributed by atoms with Crippen molar-refractivity contribution in [1.29, 1.82) is 0 Å². The second-order valence-electron chi connectivity index (χ2n) is 6.51. The molecule has 0 fully saturated rings. The molecule has 1 aliphatic heterocycles. The van der Waals surface area contributed by atoms with Gasteiger partial charge >= 0.3 is 0 Å². The predicted octanol–water partition coefficient (Wildman–Crippen LogP) is 5.27. The number of nitrogens with zero attached hydrogens (tertiary/aromatic N) is 1. The molecule has 0 aliphatic carbocycles. The van der Waals surface area contributed by atoms with Gasteiger partial charge in [0.05, 0.1) is 6.61 Å². The zero-order valence-electron chi connectivity index (χ0n) is 14.6. The number of aromatic nitrogens is 1. The quantitative estimate of drug-likeness (QED) is 0.649. The molecule has 0 spiro atoms. The van der Waals surface area contributed by atoms with E-state index >= 15 is 0 Å². The van der Waals surface area contributed by atoms with Crippen molar-refractivity contribution in [3.63, 3.8) is 0 Å². The third-order valence-electron chi connectivity index (χ3n) is 4.75. The van der Waals surface area contributed by atoms with Crippen LogP contribution in [0.2, 0.25) is 5.02 Å². The molecule has 2 unspecified atom stereocenters. The van der Waals surface area contributed by atoms with Gasteiger partial charge in [0.25, 0.3) is 0 Å². The highest BCUT2D eigenvalue weighted by molar-refractivity contribution is 6.30. The molecule has 1 aliphatic rings. The highest BCUT2D eigenvalue weighted by Crippen LogP contribution is 2.45. The summed E-state index contributed by atoms with van der Waals surface area (Å²) in [7, 11) is 0. The second kappa shape index (κ2) is 7.70. The van der Waals surface area contributed by atoms with Crippen molar-refractivity contribution < 1.29 is 18.6 Å². The number of ether oxygens (including phenoxy) is 1. The molecule has 0 saturated heterocycles. The van der Waals surface area contributed by atoms with Gasteiger partial charge in [-0.25, -0.2) is 8.78 Å². The van der Waals surface area contributed by atoms with Gasteiger partial charge in [-0.2, -0.15) is 0 Å². The average Bonchev–Trinajstić information content (AvgIpc) is 3.13. The Balaban J connectivity index is 1.87. The van der Waals surface area contributed by atoms with E-state index in [1.807, 2.05) is 0 Å². The highest BCUT2D eigenvalue weighted by atomic mass is 35.5. The minimum absolute atomic E-state index is 0.122. The van der Waals surface area contributed by atoms with Crippen LogP contribution in [0.4, 0.5) is 8.78 Å². The Bertz CT molecular complexity index is 1040. The van der Waals surface area contributed by atoms with E-state index in [1.54, 1.807) is 42.6 Å². The fourth-order valence-electron chi connectivity index (χ4n) is 3.45. The third kappa shape index (κ3) is 3.51. The maximum Gasteiger partial charge on any atom is 0.129 e. The molecule has 2 atom stereocenters. The maximum atomic E-state index is 14.6. The van der Waals surface area contributed by atoms with Crippen molar-refractivity contribution in [1.82, 2.24) is 4.98 Å². The van der Waals surface area contributed by atoms with Crippen molar-refractivity contribution in [3.8, 4) is 0 Å². The van der Waals surface area contributed by atoms with Crippen LogP contribution < -0.4 is 0 Å². The SMILES string of the molecule is OC(C1=C(c2cccc(F)c2)OCC1c1ccc(Cl)cc1F)c1cccnc1. The number of halogens is 3. The van der Waals surface area contributed by atoms with E-state index in [0.29, 0.717) is 28.0 Å². The highest BCUT2D eigenvalue weighted by Gasteiger charge is 2.36. The molecule has 3 nitrogen and oxygen atoms in total. The summed E-state index contributed by atoms with van der Waals surface area (Å²) in [6, 6.07) is 13.7. The monoisotopic (exact) mass is 399 g/mol. The second-order valence-corrected chi connectivity index (χ2v) is 6.95. The van der Waals surface area contributed by atoms with E-state index in [2.05, 4.69) is 4.98 Å². The molecule has 1 aromatic heterocycles. The fraction of sp³-hybridized carbons (Fsp3) is 0.136. The lowest BCUT2D eigenvalue weighted by Crippen LogP contribution is -2.12. The van der Waals surface area contributed by atoms with Crippen LogP contribution in [-0.2, 0) is 4.74 Å². The summed E-state index contributed by atoms with van der Waals surface area (Å²) in [5, 5.41) is 11.4. The molecule has 4 rings (SSSR count). The van der Waals surface area contributed by atoms with Crippen LogP contribution in [0.1, 0.15) is 28.7 Å². The van der Waals surface area contributed by atoms with E-state index in [4.69, 9.17) is 16.3 Å². The van der Waals surface area contributed by atoms with Crippen LogP contribution in [0, 0.1) is 11.6 Å². The molecule has 3 aromatic rings. The van der Waals surface area contributed by atoms with Gasteiger partial charge in [0.1, 0.15) is 23.5 Å². The van der Waals surface area contributed by atoms with Gasteiger partial charge < -0.3 is 9.84 Å². The van der Waals surface area contributed by atoms with Crippen LogP contribution in [0.3, 0.4) is 0 Å². The minimum Gasteiger partial charge on any atom is -0.492 e. The molecular formula is C22H16ClF2NO2. The zero-order chi connectivity index (χ0) is 19.7. The Labute approximate surface area is 165 Å². The molecule has 0 amide bonds. The molecule has 0 bridgehead atoms. The van der Waals surface area contributed by atoms with Crippen molar-refractivity contribution >= 4 is 17.4 Å². The number of aliphatic hydroxyl groups is 1. The molecular weight excluding hydrogens is 384 g/mol. The van der Waals surface area contributed by atoms with Crippen LogP contribution in [0.25, 0.3) is 5.76 Å². The van der Waals surface area contributed by atoms with Gasteiger partial charge in [-0.05, 0) is 35.9 Å². The molecule has 28 heavy (non-hydrogen) atoms. The topological polar surface area (TPSA) is 42.4 Å². The lowest BCUT2D eigenvalue weighted by atomic mass is 9.85. The van der Waals surface area contributed by atoms with Crippen LogP contribution in [0.15, 0.2) is 72.6 Å². The van der Waals surface area contributed by atoms with Gasteiger partial charge in [-0.15, -0.1) is 0 Å². The van der Waals surface area contributed by atoms with Crippen molar-refractivity contribution in [2.24, 2.45) is 0 Å². The molecule has 2 aromatic carbocycles. The molecule has 6 heteroatoms. The summed E-state index contributed by atoms with van der Waals surface area (Å²) < 4.78 is 34.2. The first-order valence-electron chi connectivity index (χ1n) is 8.70. The van der Waals surface area contributed by atoms with Crippen molar-refractivity contribution in [2.75, 3.05) is 6.61 Å². The van der Waals surface area contributed by atoms with Gasteiger partial charge in [0.15, 0.2) is 0 Å². The summed E-state index contributed by atoms with van der Waals surface area (Å²) in [4.78, 5) is 4.04. The largest absolute Gasteiger partial charge is 0.492 e. The first-order valence-corrected chi connectivity index (χ1v) is 9.08. The summed E-state index contributed by atoms with van der Waals surface area (Å²) in [5.41, 5.74) is 1.83.